The number of pyridine rings is 1. The summed E-state index contributed by atoms with van der Waals surface area (Å²) in [6.07, 6.45) is 3.08. The molecular weight excluding hydrogens is 327 g/mol. The maximum absolute atomic E-state index is 10.7. The van der Waals surface area contributed by atoms with Crippen molar-refractivity contribution in [1.82, 2.24) is 9.97 Å². The van der Waals surface area contributed by atoms with Gasteiger partial charge in [-0.25, -0.2) is 0 Å². The van der Waals surface area contributed by atoms with Crippen LogP contribution in [0.3, 0.4) is 0 Å². The molecule has 4 nitrogen and oxygen atoms in total. The number of carbonyl (C=O) groups excluding carboxylic acids is 1. The van der Waals surface area contributed by atoms with Crippen molar-refractivity contribution < 1.29 is 61.3 Å². The molecule has 1 aromatic carbocycles. The Morgan fingerprint density at radius 3 is 2.71 bits per heavy atom. The van der Waals surface area contributed by atoms with Crippen molar-refractivity contribution in [3.8, 4) is 11.4 Å². The van der Waals surface area contributed by atoms with Gasteiger partial charge in [0.05, 0.1) is 11.4 Å². The Morgan fingerprint density at radius 2 is 2.04 bits per heavy atom. The number of carbonyl (C=O) groups is 1. The first-order valence-electron chi connectivity index (χ1n) is 7.79. The van der Waals surface area contributed by atoms with Crippen LogP contribution in [0.15, 0.2) is 36.5 Å². The molecule has 0 aliphatic rings. The molecule has 0 aliphatic heterocycles. The van der Waals surface area contributed by atoms with Gasteiger partial charge >= 0.3 is 51.4 Å². The van der Waals surface area contributed by atoms with E-state index in [1.807, 2.05) is 18.2 Å². The fraction of sp³-hybridized carbons (Fsp3) is 0.263. The zero-order chi connectivity index (χ0) is 16.4. The van der Waals surface area contributed by atoms with Gasteiger partial charge in [-0.05, 0) is 68.0 Å². The van der Waals surface area contributed by atoms with Gasteiger partial charge < -0.3 is 14.9 Å². The Bertz CT molecular complexity index is 857. The van der Waals surface area contributed by atoms with Crippen LogP contribution in [0.5, 0.6) is 0 Å². The van der Waals surface area contributed by atoms with E-state index in [0.29, 0.717) is 12.8 Å². The second kappa shape index (κ2) is 8.40. The zero-order valence-corrected chi connectivity index (χ0v) is 17.5. The van der Waals surface area contributed by atoms with Crippen LogP contribution < -0.4 is 56.5 Å². The van der Waals surface area contributed by atoms with Crippen molar-refractivity contribution in [3.63, 3.8) is 0 Å². The third kappa shape index (κ3) is 4.16. The maximum Gasteiger partial charge on any atom is 1.00 e. The summed E-state index contributed by atoms with van der Waals surface area (Å²) >= 11 is 0. The Kier molecular flexibility index (Phi) is 6.77. The molecule has 2 aromatic heterocycles. The van der Waals surface area contributed by atoms with Gasteiger partial charge in [-0.1, -0.05) is 12.1 Å². The molecule has 0 radical (unpaired) electrons. The molecule has 0 amide bonds. The van der Waals surface area contributed by atoms with Crippen LogP contribution in [-0.2, 0) is 11.2 Å². The standard InChI is InChI=1S/C19H20N2O2.K/c1-12-10-13(2)18-14(6-5-8-17(22)23)19(21-16(18)11-12)15-7-3-4-9-20-15;/h3-4,7,9-11,21H,5-6,8H2,1-2H3,(H,22,23);/q;+1/p-1. The van der Waals surface area contributed by atoms with E-state index in [1.54, 1.807) is 6.20 Å². The van der Waals surface area contributed by atoms with Crippen molar-refractivity contribution in [2.45, 2.75) is 33.1 Å². The molecule has 3 rings (SSSR count). The van der Waals surface area contributed by atoms with Crippen molar-refractivity contribution in [2.24, 2.45) is 0 Å². The minimum Gasteiger partial charge on any atom is -0.550 e. The normalized spacial score (nSPS) is 10.6. The quantitative estimate of drug-likeness (QED) is 0.657. The number of aliphatic carboxylic acids is 1. The minimum atomic E-state index is -1.00. The van der Waals surface area contributed by atoms with E-state index in [1.165, 1.54) is 16.5 Å². The van der Waals surface area contributed by atoms with E-state index in [9.17, 15) is 9.90 Å². The van der Waals surface area contributed by atoms with E-state index in [4.69, 9.17) is 0 Å². The number of aromatic amines is 1. The molecular formula is C19H19KN2O2. The third-order valence-corrected chi connectivity index (χ3v) is 4.07. The molecule has 5 heteroatoms. The minimum absolute atomic E-state index is 0. The summed E-state index contributed by atoms with van der Waals surface area (Å²) in [6, 6.07) is 10.1. The first kappa shape index (κ1) is 19.3. The van der Waals surface area contributed by atoms with Crippen LogP contribution in [0.25, 0.3) is 22.3 Å². The first-order valence-corrected chi connectivity index (χ1v) is 7.79. The van der Waals surface area contributed by atoms with Crippen molar-refractivity contribution in [2.75, 3.05) is 0 Å². The number of hydrogen-bond donors (Lipinski definition) is 1. The summed E-state index contributed by atoms with van der Waals surface area (Å²) in [7, 11) is 0. The van der Waals surface area contributed by atoms with Crippen LogP contribution in [0.2, 0.25) is 0 Å². The van der Waals surface area contributed by atoms with Crippen molar-refractivity contribution in [3.05, 3.63) is 53.2 Å². The molecule has 0 atom stereocenters. The molecule has 1 N–H and O–H groups in total. The SMILES string of the molecule is Cc1cc(C)c2c(CCCC(=O)[O-])c(-c3ccccn3)[nH]c2c1.[K+]. The van der Waals surface area contributed by atoms with Gasteiger partial charge in [0.2, 0.25) is 0 Å². The number of carboxylic acids is 1. The van der Waals surface area contributed by atoms with E-state index < -0.39 is 5.97 Å². The molecule has 0 spiro atoms. The molecule has 2 heterocycles. The second-order valence-corrected chi connectivity index (χ2v) is 5.92. The van der Waals surface area contributed by atoms with E-state index in [2.05, 4.69) is 35.9 Å². The maximum atomic E-state index is 10.7. The van der Waals surface area contributed by atoms with Gasteiger partial charge in [0.15, 0.2) is 0 Å². The average molecular weight is 346 g/mol. The zero-order valence-electron chi connectivity index (χ0n) is 14.3. The van der Waals surface area contributed by atoms with Gasteiger partial charge in [-0.2, -0.15) is 0 Å². The number of hydrogen-bond acceptors (Lipinski definition) is 3. The summed E-state index contributed by atoms with van der Waals surface area (Å²) in [6.45, 7) is 4.16. The number of carboxylic acid groups (broad SMARTS) is 1. The van der Waals surface area contributed by atoms with E-state index >= 15 is 0 Å². The molecule has 24 heavy (non-hydrogen) atoms. The van der Waals surface area contributed by atoms with Crippen molar-refractivity contribution >= 4 is 16.9 Å². The van der Waals surface area contributed by atoms with E-state index in [-0.39, 0.29) is 57.8 Å². The fourth-order valence-corrected chi connectivity index (χ4v) is 3.19. The predicted octanol–water partition coefficient (Wildman–Crippen LogP) is -0.0767. The topological polar surface area (TPSA) is 68.8 Å². The molecule has 118 valence electrons. The number of aromatic nitrogens is 2. The fourth-order valence-electron chi connectivity index (χ4n) is 3.19. The Morgan fingerprint density at radius 1 is 1.25 bits per heavy atom. The van der Waals surface area contributed by atoms with Crippen LogP contribution >= 0.6 is 0 Å². The monoisotopic (exact) mass is 346 g/mol. The second-order valence-electron chi connectivity index (χ2n) is 5.92. The molecule has 3 aromatic rings. The predicted molar refractivity (Wildman–Crippen MR) is 88.9 cm³/mol. The number of nitrogens with one attached hydrogen (secondary N) is 1. The Labute approximate surface area is 184 Å². The Hall–Kier alpha value is -0.984. The number of aryl methyl sites for hydroxylation is 3. The summed E-state index contributed by atoms with van der Waals surface area (Å²) in [4.78, 5) is 18.6. The van der Waals surface area contributed by atoms with Gasteiger partial charge in [-0.3, -0.25) is 4.98 Å². The van der Waals surface area contributed by atoms with E-state index in [0.717, 1.165) is 22.5 Å². The van der Waals surface area contributed by atoms with Crippen LogP contribution in [0.4, 0.5) is 0 Å². The van der Waals surface area contributed by atoms with Gasteiger partial charge in [0, 0.05) is 23.1 Å². The van der Waals surface area contributed by atoms with Crippen LogP contribution in [0, 0.1) is 13.8 Å². The van der Waals surface area contributed by atoms with Crippen molar-refractivity contribution in [1.29, 1.82) is 0 Å². The number of benzene rings is 1. The van der Waals surface area contributed by atoms with Gasteiger partial charge in [0.1, 0.15) is 0 Å². The number of nitrogens with zero attached hydrogens (tertiary/aromatic N) is 1. The largest absolute Gasteiger partial charge is 1.00 e. The molecule has 0 saturated heterocycles. The summed E-state index contributed by atoms with van der Waals surface area (Å²) < 4.78 is 0. The Balaban J connectivity index is 0.00000208. The summed E-state index contributed by atoms with van der Waals surface area (Å²) in [5, 5.41) is 11.9. The molecule has 0 aliphatic carbocycles. The molecule has 0 saturated carbocycles. The van der Waals surface area contributed by atoms with Crippen LogP contribution in [0.1, 0.15) is 29.5 Å². The van der Waals surface area contributed by atoms with Crippen LogP contribution in [-0.4, -0.2) is 15.9 Å². The summed E-state index contributed by atoms with van der Waals surface area (Å²) in [5.41, 5.74) is 6.47. The smallest absolute Gasteiger partial charge is 0.550 e. The number of fused-ring (bicyclic) bond motifs is 1. The third-order valence-electron chi connectivity index (χ3n) is 4.07. The van der Waals surface area contributed by atoms with Gasteiger partial charge in [0.25, 0.3) is 0 Å². The molecule has 0 fully saturated rings. The van der Waals surface area contributed by atoms with Gasteiger partial charge in [-0.15, -0.1) is 0 Å². The summed E-state index contributed by atoms with van der Waals surface area (Å²) in [5.74, 6) is -1.00. The number of rotatable bonds is 5. The molecule has 0 bridgehead atoms. The number of H-pyrrole nitrogens is 1. The first-order chi connectivity index (χ1) is 11.1. The molecule has 0 unspecified atom stereocenters. The average Bonchev–Trinajstić information content (AvgIpc) is 2.86.